The number of nitrogens with zero attached hydrogens (tertiary/aromatic N) is 2. The third-order valence-corrected chi connectivity index (χ3v) is 6.64. The van der Waals surface area contributed by atoms with Gasteiger partial charge in [-0.25, -0.2) is 0 Å². The summed E-state index contributed by atoms with van der Waals surface area (Å²) >= 11 is 0. The Hall–Kier alpha value is -4.94. The first-order chi connectivity index (χ1) is 21.6. The molecule has 0 saturated heterocycles. The minimum absolute atomic E-state index is 0.0162. The van der Waals surface area contributed by atoms with E-state index in [1.54, 1.807) is 37.3 Å². The average Bonchev–Trinajstić information content (AvgIpc) is 3.49. The van der Waals surface area contributed by atoms with E-state index >= 15 is 0 Å². The van der Waals surface area contributed by atoms with E-state index < -0.39 is 48.7 Å². The molecule has 0 bridgehead atoms. The second-order valence-corrected chi connectivity index (χ2v) is 9.77. The van der Waals surface area contributed by atoms with Crippen LogP contribution in [0.5, 0.6) is 11.5 Å². The average molecular weight is 627 g/mol. The molecule has 2 unspecified atom stereocenters. The third kappa shape index (κ3) is 9.78. The maximum atomic E-state index is 13.8. The maximum absolute atomic E-state index is 13.8. The van der Waals surface area contributed by atoms with Gasteiger partial charge in [-0.1, -0.05) is 59.6 Å². The number of anilines is 2. The number of benzene rings is 2. The number of hydrogen-bond acceptors (Lipinski definition) is 8. The summed E-state index contributed by atoms with van der Waals surface area (Å²) in [5.41, 5.74) is 0.775. The lowest BCUT2D eigenvalue weighted by Crippen LogP contribution is -2.54. The van der Waals surface area contributed by atoms with E-state index in [4.69, 9.17) is 14.6 Å². The monoisotopic (exact) mass is 626 g/mol. The van der Waals surface area contributed by atoms with Crippen LogP contribution in [0, 0.1) is 0 Å². The van der Waals surface area contributed by atoms with Crippen LogP contribution in [0.25, 0.3) is 0 Å². The van der Waals surface area contributed by atoms with Crippen molar-refractivity contribution in [1.29, 1.82) is 0 Å². The van der Waals surface area contributed by atoms with Crippen LogP contribution in [-0.4, -0.2) is 73.0 Å². The Kier molecular flexibility index (Phi) is 14.5. The van der Waals surface area contributed by atoms with Gasteiger partial charge >= 0.3 is 5.97 Å². The van der Waals surface area contributed by atoms with E-state index in [0.29, 0.717) is 23.5 Å². The summed E-state index contributed by atoms with van der Waals surface area (Å²) in [6.07, 6.45) is 2.41. The number of aliphatic carboxylic acids is 1. The Morgan fingerprint density at radius 2 is 1.64 bits per heavy atom. The number of carbonyl (C=O) groups excluding carboxylic acids is 5. The van der Waals surface area contributed by atoms with Gasteiger partial charge in [-0.3, -0.25) is 28.9 Å². The SMILES string of the molecule is CC.CCC(=O)N1CC(NC(=O)c2ccc3c(c2)OCO3)C(=O)N(CC(=O)NC(C=O)CC(=O)O)c2ccccc21.CCCC. The van der Waals surface area contributed by atoms with Gasteiger partial charge in [-0.2, -0.15) is 0 Å². The van der Waals surface area contributed by atoms with Gasteiger partial charge < -0.3 is 34.9 Å². The molecule has 13 nitrogen and oxygen atoms in total. The molecule has 45 heavy (non-hydrogen) atoms. The fourth-order valence-corrected chi connectivity index (χ4v) is 4.28. The molecular weight excluding hydrogens is 584 g/mol. The molecule has 2 aromatic carbocycles. The molecule has 0 fully saturated rings. The first-order valence-electron chi connectivity index (χ1n) is 15.0. The zero-order valence-electron chi connectivity index (χ0n) is 26.3. The highest BCUT2D eigenvalue weighted by molar-refractivity contribution is 6.11. The highest BCUT2D eigenvalue weighted by Crippen LogP contribution is 2.34. The standard InChI is InChI=1S/C26H26N4O9.C4H10.C2H6/c1-2-23(33)29-11-17(28-25(36)15-7-8-20-21(9-15)39-14-38-20)26(37)30(19-6-4-3-5-18(19)29)12-22(32)27-16(13-31)10-24(34)35;1-3-4-2;1-2/h3-9,13,16-17H,2,10-12,14H2,1H3,(H,27,32)(H,28,36)(H,34,35);3-4H2,1-2H3;1-2H3. The van der Waals surface area contributed by atoms with Crippen LogP contribution in [0.4, 0.5) is 11.4 Å². The van der Waals surface area contributed by atoms with Crippen LogP contribution < -0.4 is 29.9 Å². The molecule has 0 spiro atoms. The summed E-state index contributed by atoms with van der Waals surface area (Å²) in [6, 6.07) is 8.43. The van der Waals surface area contributed by atoms with Crippen molar-refractivity contribution < 1.29 is 43.3 Å². The molecule has 0 aliphatic carbocycles. The number of hydrogen-bond donors (Lipinski definition) is 3. The van der Waals surface area contributed by atoms with Crippen LogP contribution in [0.3, 0.4) is 0 Å². The Morgan fingerprint density at radius 1 is 1.00 bits per heavy atom. The molecule has 244 valence electrons. The lowest BCUT2D eigenvalue weighted by Gasteiger charge is -2.25. The van der Waals surface area contributed by atoms with Gasteiger partial charge in [0.05, 0.1) is 30.4 Å². The van der Waals surface area contributed by atoms with Gasteiger partial charge in [0, 0.05) is 12.0 Å². The van der Waals surface area contributed by atoms with E-state index in [2.05, 4.69) is 24.5 Å². The van der Waals surface area contributed by atoms with Gasteiger partial charge in [-0.15, -0.1) is 0 Å². The van der Waals surface area contributed by atoms with Crippen molar-refractivity contribution in [2.24, 2.45) is 0 Å². The van der Waals surface area contributed by atoms with Crippen molar-refractivity contribution in [3.63, 3.8) is 0 Å². The Bertz CT molecular complexity index is 1360. The third-order valence-electron chi connectivity index (χ3n) is 6.64. The molecule has 3 N–H and O–H groups in total. The van der Waals surface area contributed by atoms with E-state index in [-0.39, 0.29) is 36.9 Å². The minimum atomic E-state index is -1.30. The molecule has 13 heteroatoms. The van der Waals surface area contributed by atoms with Crippen LogP contribution in [-0.2, 0) is 24.0 Å². The number of ether oxygens (including phenoxy) is 2. The number of nitrogens with one attached hydrogen (secondary N) is 2. The Morgan fingerprint density at radius 3 is 2.24 bits per heavy atom. The number of para-hydroxylation sites is 2. The number of carboxylic acid groups (broad SMARTS) is 1. The first-order valence-corrected chi connectivity index (χ1v) is 15.0. The molecule has 2 aromatic rings. The van der Waals surface area contributed by atoms with Gasteiger partial charge in [-0.05, 0) is 30.3 Å². The Labute approximate surface area is 262 Å². The summed E-state index contributed by atoms with van der Waals surface area (Å²) in [7, 11) is 0. The van der Waals surface area contributed by atoms with Crippen molar-refractivity contribution in [3.8, 4) is 11.5 Å². The molecule has 2 atom stereocenters. The number of rotatable bonds is 10. The smallest absolute Gasteiger partial charge is 0.305 e. The number of fused-ring (bicyclic) bond motifs is 2. The zero-order valence-corrected chi connectivity index (χ0v) is 26.3. The van der Waals surface area contributed by atoms with E-state index in [9.17, 15) is 28.8 Å². The highest BCUT2D eigenvalue weighted by Gasteiger charge is 2.37. The fraction of sp³-hybridized carbons (Fsp3) is 0.438. The molecule has 0 aromatic heterocycles. The van der Waals surface area contributed by atoms with Crippen molar-refractivity contribution in [2.75, 3.05) is 29.7 Å². The summed E-state index contributed by atoms with van der Waals surface area (Å²) in [5.74, 6) is -2.86. The van der Waals surface area contributed by atoms with Crippen molar-refractivity contribution >= 4 is 47.3 Å². The lowest BCUT2D eigenvalue weighted by atomic mass is 10.1. The van der Waals surface area contributed by atoms with Crippen LogP contribution in [0.2, 0.25) is 0 Å². The molecule has 2 aliphatic heterocycles. The predicted molar refractivity (Wildman–Crippen MR) is 167 cm³/mol. The van der Waals surface area contributed by atoms with Gasteiger partial charge in [0.25, 0.3) is 11.8 Å². The number of unbranched alkanes of at least 4 members (excludes halogenated alkanes) is 1. The summed E-state index contributed by atoms with van der Waals surface area (Å²) < 4.78 is 10.6. The van der Waals surface area contributed by atoms with Gasteiger partial charge in [0.2, 0.25) is 18.6 Å². The number of carbonyl (C=O) groups is 6. The summed E-state index contributed by atoms with van der Waals surface area (Å²) in [4.78, 5) is 77.3. The van der Waals surface area contributed by atoms with E-state index in [0.717, 1.165) is 4.90 Å². The van der Waals surface area contributed by atoms with Gasteiger partial charge in [0.15, 0.2) is 11.5 Å². The van der Waals surface area contributed by atoms with E-state index in [1.165, 1.54) is 29.9 Å². The predicted octanol–water partition coefficient (Wildman–Crippen LogP) is 3.29. The fourth-order valence-electron chi connectivity index (χ4n) is 4.28. The second-order valence-electron chi connectivity index (χ2n) is 9.77. The second kappa shape index (κ2) is 18.0. The number of amides is 4. The van der Waals surface area contributed by atoms with Crippen LogP contribution in [0.15, 0.2) is 42.5 Å². The highest BCUT2D eigenvalue weighted by atomic mass is 16.7. The maximum Gasteiger partial charge on any atom is 0.305 e. The van der Waals surface area contributed by atoms with Crippen molar-refractivity contribution in [3.05, 3.63) is 48.0 Å². The molecule has 2 heterocycles. The lowest BCUT2D eigenvalue weighted by molar-refractivity contribution is -0.139. The van der Waals surface area contributed by atoms with Crippen molar-refractivity contribution in [1.82, 2.24) is 10.6 Å². The number of carboxylic acids is 1. The van der Waals surface area contributed by atoms with Crippen LogP contribution >= 0.6 is 0 Å². The normalized spacial score (nSPS) is 15.1. The Balaban J connectivity index is 0.00000109. The number of aldehydes is 1. The topological polar surface area (TPSA) is 172 Å². The first kappa shape index (κ1) is 36.3. The quantitative estimate of drug-likeness (QED) is 0.335. The molecule has 0 radical (unpaired) electrons. The molecule has 4 rings (SSSR count). The van der Waals surface area contributed by atoms with Crippen LogP contribution in [0.1, 0.15) is 70.7 Å². The largest absolute Gasteiger partial charge is 0.481 e. The summed E-state index contributed by atoms with van der Waals surface area (Å²) in [5, 5.41) is 13.9. The minimum Gasteiger partial charge on any atom is -0.481 e. The molecule has 4 amide bonds. The molecule has 0 saturated carbocycles. The molecule has 2 aliphatic rings. The van der Waals surface area contributed by atoms with Gasteiger partial charge in [0.1, 0.15) is 18.9 Å². The zero-order chi connectivity index (χ0) is 33.5. The molecular formula is C32H42N4O9. The van der Waals surface area contributed by atoms with Crippen molar-refractivity contribution in [2.45, 2.75) is 72.4 Å². The summed E-state index contributed by atoms with van der Waals surface area (Å²) in [6.45, 7) is 9.24. The van der Waals surface area contributed by atoms with E-state index in [1.807, 2.05) is 13.8 Å².